The van der Waals surface area contributed by atoms with Crippen LogP contribution in [0.5, 0.6) is 0 Å². The molecule has 1 aliphatic carbocycles. The summed E-state index contributed by atoms with van der Waals surface area (Å²) in [6.07, 6.45) is 2.36. The Balaban J connectivity index is 1.62. The zero-order valence-electron chi connectivity index (χ0n) is 16.9. The van der Waals surface area contributed by atoms with E-state index < -0.39 is 22.3 Å². The molecule has 2 heterocycles. The fraction of sp³-hybridized carbons (Fsp3) is 0.571. The summed E-state index contributed by atoms with van der Waals surface area (Å²) in [5.41, 5.74) is 2.40. The Morgan fingerprint density at radius 2 is 1.87 bits per heavy atom. The number of amides is 1. The van der Waals surface area contributed by atoms with Gasteiger partial charge in [0.15, 0.2) is 9.84 Å². The monoisotopic (exact) mass is 439 g/mol. The SMILES string of the molecule is C=C(Nc1ccc(C(=O)N2CCS(=O)(=O)CC2)c(N2CCCC(F)(F)C2)c1)C1CC1. The molecule has 3 aliphatic rings. The van der Waals surface area contributed by atoms with Crippen LogP contribution < -0.4 is 10.2 Å². The smallest absolute Gasteiger partial charge is 0.265 e. The van der Waals surface area contributed by atoms with Crippen molar-refractivity contribution in [3.05, 3.63) is 36.0 Å². The molecule has 1 aromatic rings. The Bertz CT molecular complexity index is 946. The van der Waals surface area contributed by atoms with Gasteiger partial charge in [-0.1, -0.05) is 6.58 Å². The van der Waals surface area contributed by atoms with Crippen molar-refractivity contribution >= 4 is 27.1 Å². The minimum absolute atomic E-state index is 0.0727. The van der Waals surface area contributed by atoms with Crippen molar-refractivity contribution in [1.29, 1.82) is 0 Å². The average molecular weight is 440 g/mol. The number of hydrogen-bond donors (Lipinski definition) is 1. The van der Waals surface area contributed by atoms with Gasteiger partial charge in [0.1, 0.15) is 0 Å². The van der Waals surface area contributed by atoms with Gasteiger partial charge in [-0.05, 0) is 43.4 Å². The molecule has 9 heteroatoms. The van der Waals surface area contributed by atoms with Crippen LogP contribution in [0, 0.1) is 5.92 Å². The maximum atomic E-state index is 14.1. The second kappa shape index (κ2) is 7.83. The summed E-state index contributed by atoms with van der Waals surface area (Å²) in [7, 11) is -3.12. The number of anilines is 2. The Kier molecular flexibility index (Phi) is 5.50. The lowest BCUT2D eigenvalue weighted by Gasteiger charge is -2.36. The third-order valence-electron chi connectivity index (χ3n) is 5.97. The number of sulfone groups is 1. The number of allylic oxidation sites excluding steroid dienone is 1. The summed E-state index contributed by atoms with van der Waals surface area (Å²) < 4.78 is 51.6. The third kappa shape index (κ3) is 4.77. The minimum Gasteiger partial charge on any atom is -0.365 e. The number of piperidine rings is 1. The van der Waals surface area contributed by atoms with E-state index in [0.717, 1.165) is 18.5 Å². The fourth-order valence-electron chi connectivity index (χ4n) is 4.03. The molecule has 0 spiro atoms. The highest BCUT2D eigenvalue weighted by atomic mass is 32.2. The number of halogens is 2. The summed E-state index contributed by atoms with van der Waals surface area (Å²) in [4.78, 5) is 16.2. The van der Waals surface area contributed by atoms with Crippen molar-refractivity contribution in [2.24, 2.45) is 5.92 Å². The van der Waals surface area contributed by atoms with Crippen molar-refractivity contribution < 1.29 is 22.0 Å². The summed E-state index contributed by atoms with van der Waals surface area (Å²) in [5.74, 6) is -2.84. The van der Waals surface area contributed by atoms with E-state index in [1.165, 1.54) is 4.90 Å². The average Bonchev–Trinajstić information content (AvgIpc) is 3.52. The van der Waals surface area contributed by atoms with Crippen LogP contribution >= 0.6 is 0 Å². The molecule has 2 saturated heterocycles. The van der Waals surface area contributed by atoms with Crippen molar-refractivity contribution in [1.82, 2.24) is 4.90 Å². The molecular formula is C21H27F2N3O3S. The molecule has 0 radical (unpaired) electrons. The number of carbonyl (C=O) groups is 1. The second-order valence-electron chi connectivity index (χ2n) is 8.48. The van der Waals surface area contributed by atoms with Gasteiger partial charge in [-0.25, -0.2) is 17.2 Å². The first kappa shape index (κ1) is 21.1. The summed E-state index contributed by atoms with van der Waals surface area (Å²) in [5, 5.41) is 3.25. The lowest BCUT2D eigenvalue weighted by Crippen LogP contribution is -2.46. The number of rotatable bonds is 5. The summed E-state index contributed by atoms with van der Waals surface area (Å²) >= 11 is 0. The van der Waals surface area contributed by atoms with E-state index >= 15 is 0 Å². The standard InChI is InChI=1S/C21H27F2N3O3S/c1-15(16-3-4-16)24-17-5-6-18(20(27)25-9-11-30(28,29)12-10-25)19(13-17)26-8-2-7-21(22,23)14-26/h5-6,13,16,24H,1-4,7-12,14H2. The van der Waals surface area contributed by atoms with Crippen LogP contribution in [0.4, 0.5) is 20.2 Å². The van der Waals surface area contributed by atoms with Crippen LogP contribution in [0.2, 0.25) is 0 Å². The molecule has 4 rings (SSSR count). The van der Waals surface area contributed by atoms with E-state index in [2.05, 4.69) is 11.9 Å². The van der Waals surface area contributed by atoms with Crippen LogP contribution in [-0.2, 0) is 9.84 Å². The van der Waals surface area contributed by atoms with Gasteiger partial charge in [-0.2, -0.15) is 0 Å². The van der Waals surface area contributed by atoms with Gasteiger partial charge >= 0.3 is 0 Å². The second-order valence-corrected chi connectivity index (χ2v) is 10.8. The highest BCUT2D eigenvalue weighted by molar-refractivity contribution is 7.91. The van der Waals surface area contributed by atoms with Crippen LogP contribution in [0.25, 0.3) is 0 Å². The molecule has 0 atom stereocenters. The zero-order valence-corrected chi connectivity index (χ0v) is 17.7. The van der Waals surface area contributed by atoms with E-state index in [1.54, 1.807) is 23.1 Å². The van der Waals surface area contributed by atoms with Gasteiger partial charge in [0.05, 0.1) is 29.3 Å². The van der Waals surface area contributed by atoms with Crippen molar-refractivity contribution in [3.8, 4) is 0 Å². The van der Waals surface area contributed by atoms with Crippen LogP contribution in [-0.4, -0.2) is 62.8 Å². The molecule has 2 aliphatic heterocycles. The van der Waals surface area contributed by atoms with Gasteiger partial charge in [-0.15, -0.1) is 0 Å². The Morgan fingerprint density at radius 1 is 1.17 bits per heavy atom. The molecule has 0 unspecified atom stereocenters. The van der Waals surface area contributed by atoms with Crippen LogP contribution in [0.15, 0.2) is 30.5 Å². The highest BCUT2D eigenvalue weighted by Gasteiger charge is 2.37. The number of hydrogen-bond acceptors (Lipinski definition) is 5. The molecule has 0 aromatic heterocycles. The topological polar surface area (TPSA) is 69.7 Å². The van der Waals surface area contributed by atoms with Crippen molar-refractivity contribution in [2.45, 2.75) is 31.6 Å². The molecule has 1 aromatic carbocycles. The molecule has 164 valence electrons. The minimum atomic E-state index is -3.12. The maximum absolute atomic E-state index is 14.1. The quantitative estimate of drug-likeness (QED) is 0.764. The molecule has 1 amide bonds. The highest BCUT2D eigenvalue weighted by Crippen LogP contribution is 2.38. The number of carbonyl (C=O) groups excluding carboxylic acids is 1. The number of benzene rings is 1. The lowest BCUT2D eigenvalue weighted by molar-refractivity contribution is -0.0117. The van der Waals surface area contributed by atoms with Gasteiger partial charge in [0, 0.05) is 37.4 Å². The van der Waals surface area contributed by atoms with Gasteiger partial charge in [0.2, 0.25) is 0 Å². The fourth-order valence-corrected chi connectivity index (χ4v) is 5.23. The normalized spacial score (nSPS) is 23.1. The van der Waals surface area contributed by atoms with Gasteiger partial charge < -0.3 is 15.1 Å². The number of alkyl halides is 2. The predicted octanol–water partition coefficient (Wildman–Crippen LogP) is 3.13. The van der Waals surface area contributed by atoms with E-state index in [-0.39, 0.29) is 36.9 Å². The zero-order chi connectivity index (χ0) is 21.5. The molecular weight excluding hydrogens is 412 g/mol. The van der Waals surface area contributed by atoms with E-state index in [0.29, 0.717) is 35.8 Å². The van der Waals surface area contributed by atoms with Gasteiger partial charge in [0.25, 0.3) is 11.8 Å². The molecule has 1 N–H and O–H groups in total. The van der Waals surface area contributed by atoms with Crippen molar-refractivity contribution in [3.63, 3.8) is 0 Å². The Morgan fingerprint density at radius 3 is 2.50 bits per heavy atom. The first-order valence-electron chi connectivity index (χ1n) is 10.4. The lowest BCUT2D eigenvalue weighted by atomic mass is 10.0. The number of nitrogens with one attached hydrogen (secondary N) is 1. The molecule has 30 heavy (non-hydrogen) atoms. The van der Waals surface area contributed by atoms with Crippen molar-refractivity contribution in [2.75, 3.05) is 47.9 Å². The van der Waals surface area contributed by atoms with E-state index in [9.17, 15) is 22.0 Å². The first-order chi connectivity index (χ1) is 14.1. The summed E-state index contributed by atoms with van der Waals surface area (Å²) in [6.45, 7) is 4.29. The van der Waals surface area contributed by atoms with E-state index in [1.807, 2.05) is 0 Å². The van der Waals surface area contributed by atoms with Crippen LogP contribution in [0.3, 0.4) is 0 Å². The molecule has 6 nitrogen and oxygen atoms in total. The van der Waals surface area contributed by atoms with E-state index in [4.69, 9.17) is 0 Å². The number of nitrogens with zero attached hydrogens (tertiary/aromatic N) is 2. The largest absolute Gasteiger partial charge is 0.365 e. The van der Waals surface area contributed by atoms with Gasteiger partial charge in [-0.3, -0.25) is 4.79 Å². The third-order valence-corrected chi connectivity index (χ3v) is 7.58. The Labute approximate surface area is 175 Å². The molecule has 1 saturated carbocycles. The predicted molar refractivity (Wildman–Crippen MR) is 113 cm³/mol. The molecule has 3 fully saturated rings. The maximum Gasteiger partial charge on any atom is 0.265 e. The summed E-state index contributed by atoms with van der Waals surface area (Å²) in [6, 6.07) is 5.14. The first-order valence-corrected chi connectivity index (χ1v) is 12.2. The molecule has 0 bridgehead atoms. The Hall–Kier alpha value is -2.16. The van der Waals surface area contributed by atoms with Crippen LogP contribution in [0.1, 0.15) is 36.0 Å².